The van der Waals surface area contributed by atoms with Gasteiger partial charge in [0.2, 0.25) is 0 Å². The first-order chi connectivity index (χ1) is 5.42. The third kappa shape index (κ3) is 0.752. The molecular weight excluding hydrogens is 136 g/mol. The van der Waals surface area contributed by atoms with Crippen LogP contribution in [0, 0.1) is 5.92 Å². The molecule has 1 saturated heterocycles. The molecule has 11 heavy (non-hydrogen) atoms. The summed E-state index contributed by atoms with van der Waals surface area (Å²) in [5.41, 5.74) is 0.441. The highest BCUT2D eigenvalue weighted by Gasteiger charge is 2.62. The van der Waals surface area contributed by atoms with Gasteiger partial charge in [-0.3, -0.25) is 0 Å². The molecule has 2 saturated carbocycles. The van der Waals surface area contributed by atoms with Gasteiger partial charge in [-0.25, -0.2) is 0 Å². The molecule has 0 unspecified atom stereocenters. The van der Waals surface area contributed by atoms with Crippen LogP contribution in [0.2, 0.25) is 0 Å². The lowest BCUT2D eigenvalue weighted by Crippen LogP contribution is -2.33. The second kappa shape index (κ2) is 2.01. The summed E-state index contributed by atoms with van der Waals surface area (Å²) >= 11 is 0. The Morgan fingerprint density at radius 2 is 1.91 bits per heavy atom. The summed E-state index contributed by atoms with van der Waals surface area (Å²) in [6.45, 7) is 0. The fraction of sp³-hybridized carbons (Fsp3) is 1.00. The van der Waals surface area contributed by atoms with Crippen molar-refractivity contribution in [2.45, 2.75) is 56.7 Å². The molecular formula is C10H16O. The van der Waals surface area contributed by atoms with Crippen LogP contribution in [-0.2, 0) is 4.74 Å². The Labute approximate surface area is 68.1 Å². The van der Waals surface area contributed by atoms with Gasteiger partial charge in [-0.15, -0.1) is 0 Å². The molecule has 0 aromatic carbocycles. The zero-order valence-corrected chi connectivity index (χ0v) is 7.01. The molecule has 3 fully saturated rings. The summed E-state index contributed by atoms with van der Waals surface area (Å²) in [5, 5.41) is 0. The van der Waals surface area contributed by atoms with Crippen molar-refractivity contribution >= 4 is 0 Å². The molecule has 1 aliphatic heterocycles. The number of rotatable bonds is 0. The van der Waals surface area contributed by atoms with Crippen molar-refractivity contribution in [1.29, 1.82) is 0 Å². The molecule has 1 heterocycles. The fourth-order valence-corrected chi connectivity index (χ4v) is 3.29. The average Bonchev–Trinajstić information content (AvgIpc) is 2.75. The maximum absolute atomic E-state index is 5.87. The van der Waals surface area contributed by atoms with Crippen LogP contribution in [-0.4, -0.2) is 11.7 Å². The summed E-state index contributed by atoms with van der Waals surface area (Å²) in [4.78, 5) is 0. The monoisotopic (exact) mass is 152 g/mol. The highest BCUT2D eigenvalue weighted by molar-refractivity contribution is 5.10. The van der Waals surface area contributed by atoms with Gasteiger partial charge in [0.05, 0.1) is 11.7 Å². The van der Waals surface area contributed by atoms with Gasteiger partial charge in [0.25, 0.3) is 0 Å². The van der Waals surface area contributed by atoms with E-state index in [1.54, 1.807) is 0 Å². The zero-order chi connectivity index (χ0) is 7.31. The molecule has 0 amide bonds. The maximum atomic E-state index is 5.87. The van der Waals surface area contributed by atoms with Crippen molar-refractivity contribution in [2.75, 3.05) is 0 Å². The van der Waals surface area contributed by atoms with Crippen molar-refractivity contribution in [3.8, 4) is 0 Å². The number of hydrogen-bond donors (Lipinski definition) is 0. The van der Waals surface area contributed by atoms with Crippen molar-refractivity contribution in [1.82, 2.24) is 0 Å². The Kier molecular flexibility index (Phi) is 1.18. The highest BCUT2D eigenvalue weighted by atomic mass is 16.6. The summed E-state index contributed by atoms with van der Waals surface area (Å²) in [5.74, 6) is 0.954. The van der Waals surface area contributed by atoms with Crippen molar-refractivity contribution in [3.05, 3.63) is 0 Å². The summed E-state index contributed by atoms with van der Waals surface area (Å²) < 4.78 is 5.87. The number of ether oxygens (including phenoxy) is 1. The van der Waals surface area contributed by atoms with Crippen LogP contribution in [0.1, 0.15) is 44.9 Å². The molecule has 0 aromatic heterocycles. The first-order valence-corrected chi connectivity index (χ1v) is 5.10. The Bertz CT molecular complexity index is 176. The van der Waals surface area contributed by atoms with Crippen LogP contribution >= 0.6 is 0 Å². The smallest absolute Gasteiger partial charge is 0.0976 e. The predicted molar refractivity (Wildman–Crippen MR) is 43.4 cm³/mol. The highest BCUT2D eigenvalue weighted by Crippen LogP contribution is 2.57. The molecule has 0 aromatic rings. The quantitative estimate of drug-likeness (QED) is 0.486. The summed E-state index contributed by atoms with van der Waals surface area (Å²) in [6.07, 6.45) is 10.7. The average molecular weight is 152 g/mol. The lowest BCUT2D eigenvalue weighted by atomic mass is 9.70. The van der Waals surface area contributed by atoms with Gasteiger partial charge < -0.3 is 4.74 Å². The van der Waals surface area contributed by atoms with E-state index in [0.717, 1.165) is 5.92 Å². The Balaban J connectivity index is 1.84. The Morgan fingerprint density at radius 3 is 2.82 bits per heavy atom. The van der Waals surface area contributed by atoms with Gasteiger partial charge in [-0.05, 0) is 31.6 Å². The Hall–Kier alpha value is -0.0400. The van der Waals surface area contributed by atoms with Gasteiger partial charge in [0.1, 0.15) is 0 Å². The largest absolute Gasteiger partial charge is 0.366 e. The standard InChI is InChI=1S/C10H16O/c1-2-7-10-8(4-1)5-3-6-9(10)11-10/h8-9H,1-7H2/t8-,9-,10+/m0/s1. The minimum Gasteiger partial charge on any atom is -0.366 e. The van der Waals surface area contributed by atoms with Crippen molar-refractivity contribution in [2.24, 2.45) is 5.92 Å². The molecule has 3 aliphatic rings. The third-order valence-electron chi connectivity index (χ3n) is 3.93. The van der Waals surface area contributed by atoms with E-state index in [2.05, 4.69) is 0 Å². The van der Waals surface area contributed by atoms with Crippen molar-refractivity contribution < 1.29 is 4.74 Å². The van der Waals surface area contributed by atoms with Crippen LogP contribution in [0.4, 0.5) is 0 Å². The van der Waals surface area contributed by atoms with Gasteiger partial charge in [-0.1, -0.05) is 19.3 Å². The van der Waals surface area contributed by atoms with Gasteiger partial charge in [-0.2, -0.15) is 0 Å². The second-order valence-corrected chi connectivity index (χ2v) is 4.44. The second-order valence-electron chi connectivity index (χ2n) is 4.44. The minimum absolute atomic E-state index is 0.441. The maximum Gasteiger partial charge on any atom is 0.0976 e. The number of epoxide rings is 1. The zero-order valence-electron chi connectivity index (χ0n) is 7.01. The summed E-state index contributed by atoms with van der Waals surface area (Å²) in [7, 11) is 0. The Morgan fingerprint density at radius 1 is 1.00 bits per heavy atom. The van der Waals surface area contributed by atoms with E-state index in [-0.39, 0.29) is 0 Å². The third-order valence-corrected chi connectivity index (χ3v) is 3.93. The van der Waals surface area contributed by atoms with Crippen LogP contribution < -0.4 is 0 Å². The molecule has 3 rings (SSSR count). The normalized spacial score (nSPS) is 54.5. The van der Waals surface area contributed by atoms with Crippen LogP contribution in [0.3, 0.4) is 0 Å². The van der Waals surface area contributed by atoms with E-state index in [4.69, 9.17) is 4.74 Å². The molecule has 0 N–H and O–H groups in total. The van der Waals surface area contributed by atoms with Gasteiger partial charge in [0.15, 0.2) is 0 Å². The lowest BCUT2D eigenvalue weighted by molar-refractivity contribution is 0.150. The topological polar surface area (TPSA) is 12.5 Å². The SMILES string of the molecule is C1CC[C@]23O[C@H]2CCC[C@@H]3C1. The minimum atomic E-state index is 0.441. The van der Waals surface area contributed by atoms with E-state index in [9.17, 15) is 0 Å². The number of hydrogen-bond acceptors (Lipinski definition) is 1. The molecule has 2 aliphatic carbocycles. The van der Waals surface area contributed by atoms with E-state index in [1.807, 2.05) is 0 Å². The van der Waals surface area contributed by atoms with Crippen LogP contribution in [0.25, 0.3) is 0 Å². The fourth-order valence-electron chi connectivity index (χ4n) is 3.29. The molecule has 1 spiro atoms. The molecule has 1 nitrogen and oxygen atoms in total. The van der Waals surface area contributed by atoms with Crippen LogP contribution in [0.15, 0.2) is 0 Å². The molecule has 1 heteroatoms. The lowest BCUT2D eigenvalue weighted by Gasteiger charge is -2.32. The van der Waals surface area contributed by atoms with E-state index >= 15 is 0 Å². The van der Waals surface area contributed by atoms with Gasteiger partial charge >= 0.3 is 0 Å². The molecule has 0 radical (unpaired) electrons. The van der Waals surface area contributed by atoms with Crippen LogP contribution in [0.5, 0.6) is 0 Å². The summed E-state index contributed by atoms with van der Waals surface area (Å²) in [6, 6.07) is 0. The van der Waals surface area contributed by atoms with E-state index in [0.29, 0.717) is 11.7 Å². The van der Waals surface area contributed by atoms with E-state index in [1.165, 1.54) is 44.9 Å². The first kappa shape index (κ1) is 6.47. The molecule has 62 valence electrons. The predicted octanol–water partition coefficient (Wildman–Crippen LogP) is 2.50. The van der Waals surface area contributed by atoms with Gasteiger partial charge in [0, 0.05) is 0 Å². The molecule has 3 atom stereocenters. The molecule has 0 bridgehead atoms. The first-order valence-electron chi connectivity index (χ1n) is 5.10. The van der Waals surface area contributed by atoms with E-state index < -0.39 is 0 Å². The van der Waals surface area contributed by atoms with Crippen molar-refractivity contribution in [3.63, 3.8) is 0 Å².